The van der Waals surface area contributed by atoms with Crippen molar-refractivity contribution in [1.82, 2.24) is 0 Å². The number of anilines is 1. The number of carbonyl (C=O) groups excluding carboxylic acids is 1. The molecule has 1 rings (SSSR count). The van der Waals surface area contributed by atoms with Crippen LogP contribution < -0.4 is 11.1 Å². The Morgan fingerprint density at radius 3 is 2.72 bits per heavy atom. The van der Waals surface area contributed by atoms with Crippen molar-refractivity contribution in [2.24, 2.45) is 16.8 Å². The maximum Gasteiger partial charge on any atom is 0.235 e. The molecule has 1 unspecified atom stereocenters. The van der Waals surface area contributed by atoms with Crippen LogP contribution in [-0.4, -0.2) is 17.0 Å². The van der Waals surface area contributed by atoms with Crippen LogP contribution in [-0.2, 0) is 4.79 Å². The van der Waals surface area contributed by atoms with Crippen LogP contribution in [0.4, 0.5) is 5.69 Å². The first-order valence-electron chi connectivity index (χ1n) is 5.85. The van der Waals surface area contributed by atoms with Gasteiger partial charge in [-0.15, -0.1) is 0 Å². The summed E-state index contributed by atoms with van der Waals surface area (Å²) < 4.78 is 0. The van der Waals surface area contributed by atoms with Gasteiger partial charge >= 0.3 is 0 Å². The summed E-state index contributed by atoms with van der Waals surface area (Å²) in [5.74, 6) is -0.947. The zero-order valence-corrected chi connectivity index (χ0v) is 10.9. The van der Waals surface area contributed by atoms with Crippen molar-refractivity contribution in [3.63, 3.8) is 0 Å². The summed E-state index contributed by atoms with van der Waals surface area (Å²) in [4.78, 5) is 12.0. The first-order chi connectivity index (χ1) is 8.51. The minimum atomic E-state index is -0.616. The average molecular weight is 249 g/mol. The van der Waals surface area contributed by atoms with Gasteiger partial charge in [0.2, 0.25) is 5.91 Å². The summed E-state index contributed by atoms with van der Waals surface area (Å²) in [7, 11) is 0. The number of hydrogen-bond acceptors (Lipinski definition) is 3. The third-order valence-electron chi connectivity index (χ3n) is 3.06. The molecule has 0 fully saturated rings. The van der Waals surface area contributed by atoms with Crippen LogP contribution in [0.5, 0.6) is 0 Å². The fourth-order valence-corrected chi connectivity index (χ4v) is 1.70. The van der Waals surface area contributed by atoms with Crippen molar-refractivity contribution in [1.29, 1.82) is 0 Å². The SMILES string of the molecule is CCC(C(=O)Nc1cccc(C)c1C)/C(N)=N/O. The number of carbonyl (C=O) groups is 1. The van der Waals surface area contributed by atoms with Gasteiger partial charge in [0, 0.05) is 5.69 Å². The van der Waals surface area contributed by atoms with Gasteiger partial charge in [0.15, 0.2) is 5.84 Å². The van der Waals surface area contributed by atoms with E-state index in [4.69, 9.17) is 10.9 Å². The zero-order valence-electron chi connectivity index (χ0n) is 10.9. The van der Waals surface area contributed by atoms with Crippen LogP contribution >= 0.6 is 0 Å². The van der Waals surface area contributed by atoms with Gasteiger partial charge in [-0.05, 0) is 37.5 Å². The van der Waals surface area contributed by atoms with E-state index in [1.165, 1.54) is 0 Å². The first kappa shape index (κ1) is 14.0. The molecule has 1 atom stereocenters. The zero-order chi connectivity index (χ0) is 13.7. The van der Waals surface area contributed by atoms with Gasteiger partial charge < -0.3 is 16.3 Å². The number of nitrogens with zero attached hydrogens (tertiary/aromatic N) is 1. The number of amidine groups is 1. The highest BCUT2D eigenvalue weighted by atomic mass is 16.4. The number of nitrogens with one attached hydrogen (secondary N) is 1. The number of oxime groups is 1. The number of benzene rings is 1. The lowest BCUT2D eigenvalue weighted by Gasteiger charge is -2.15. The minimum Gasteiger partial charge on any atom is -0.409 e. The van der Waals surface area contributed by atoms with Gasteiger partial charge in [0.25, 0.3) is 0 Å². The summed E-state index contributed by atoms with van der Waals surface area (Å²) in [6, 6.07) is 5.69. The van der Waals surface area contributed by atoms with E-state index in [1.54, 1.807) is 0 Å². The molecule has 0 heterocycles. The molecule has 0 saturated carbocycles. The lowest BCUT2D eigenvalue weighted by Crippen LogP contribution is -2.34. The number of nitrogens with two attached hydrogens (primary N) is 1. The van der Waals surface area contributed by atoms with E-state index in [-0.39, 0.29) is 11.7 Å². The third kappa shape index (κ3) is 3.00. The van der Waals surface area contributed by atoms with Crippen LogP contribution in [0, 0.1) is 19.8 Å². The second-order valence-electron chi connectivity index (χ2n) is 4.22. The van der Waals surface area contributed by atoms with Crippen LogP contribution in [0.25, 0.3) is 0 Å². The Labute approximate surface area is 107 Å². The van der Waals surface area contributed by atoms with E-state index >= 15 is 0 Å². The van der Waals surface area contributed by atoms with Crippen molar-refractivity contribution in [3.8, 4) is 0 Å². The largest absolute Gasteiger partial charge is 0.409 e. The van der Waals surface area contributed by atoms with Crippen molar-refractivity contribution in [2.75, 3.05) is 5.32 Å². The Bertz CT molecular complexity index is 469. The molecule has 0 aliphatic heterocycles. The van der Waals surface area contributed by atoms with Crippen LogP contribution in [0.15, 0.2) is 23.4 Å². The van der Waals surface area contributed by atoms with E-state index in [2.05, 4.69) is 10.5 Å². The second-order valence-corrected chi connectivity index (χ2v) is 4.22. The molecule has 0 spiro atoms. The lowest BCUT2D eigenvalue weighted by molar-refractivity contribution is -0.118. The van der Waals surface area contributed by atoms with Gasteiger partial charge in [0.1, 0.15) is 0 Å². The highest BCUT2D eigenvalue weighted by molar-refractivity contribution is 6.07. The monoisotopic (exact) mass is 249 g/mol. The fraction of sp³-hybridized carbons (Fsp3) is 0.385. The van der Waals surface area contributed by atoms with E-state index in [9.17, 15) is 4.79 Å². The van der Waals surface area contributed by atoms with Crippen molar-refractivity contribution in [2.45, 2.75) is 27.2 Å². The predicted octanol–water partition coefficient (Wildman–Crippen LogP) is 2.01. The van der Waals surface area contributed by atoms with Gasteiger partial charge in [0.05, 0.1) is 5.92 Å². The van der Waals surface area contributed by atoms with Crippen LogP contribution in [0.3, 0.4) is 0 Å². The molecule has 18 heavy (non-hydrogen) atoms. The topological polar surface area (TPSA) is 87.7 Å². The molecule has 4 N–H and O–H groups in total. The molecule has 0 saturated heterocycles. The second kappa shape index (κ2) is 6.05. The number of amides is 1. The van der Waals surface area contributed by atoms with Gasteiger partial charge in [-0.3, -0.25) is 4.79 Å². The van der Waals surface area contributed by atoms with Gasteiger partial charge in [-0.2, -0.15) is 0 Å². The Kier molecular flexibility index (Phi) is 4.71. The molecule has 1 aromatic rings. The molecule has 0 radical (unpaired) electrons. The highest BCUT2D eigenvalue weighted by Gasteiger charge is 2.21. The summed E-state index contributed by atoms with van der Waals surface area (Å²) in [5, 5.41) is 14.3. The number of rotatable bonds is 4. The maximum absolute atomic E-state index is 12.0. The minimum absolute atomic E-state index is 0.0692. The average Bonchev–Trinajstić information content (AvgIpc) is 2.35. The summed E-state index contributed by atoms with van der Waals surface area (Å²) in [5.41, 5.74) is 8.36. The van der Waals surface area contributed by atoms with E-state index < -0.39 is 5.92 Å². The Morgan fingerprint density at radius 2 is 2.17 bits per heavy atom. The molecule has 0 aliphatic rings. The number of hydrogen-bond donors (Lipinski definition) is 3. The van der Waals surface area contributed by atoms with Crippen molar-refractivity contribution in [3.05, 3.63) is 29.3 Å². The Morgan fingerprint density at radius 1 is 1.50 bits per heavy atom. The maximum atomic E-state index is 12.0. The summed E-state index contributed by atoms with van der Waals surface area (Å²) >= 11 is 0. The normalized spacial score (nSPS) is 13.2. The van der Waals surface area contributed by atoms with Crippen molar-refractivity contribution < 1.29 is 10.0 Å². The highest BCUT2D eigenvalue weighted by Crippen LogP contribution is 2.19. The van der Waals surface area contributed by atoms with E-state index in [1.807, 2.05) is 39.0 Å². The molecular formula is C13H19N3O2. The lowest BCUT2D eigenvalue weighted by atomic mass is 10.0. The quantitative estimate of drug-likeness (QED) is 0.330. The molecule has 0 aromatic heterocycles. The summed E-state index contributed by atoms with van der Waals surface area (Å²) in [6.07, 6.45) is 0.479. The Balaban J connectivity index is 2.90. The van der Waals surface area contributed by atoms with Crippen LogP contribution in [0.1, 0.15) is 24.5 Å². The standard InChI is InChI=1S/C13H19N3O2/c1-4-10(12(14)16-18)13(17)15-11-7-5-6-8(2)9(11)3/h5-7,10,18H,4H2,1-3H3,(H2,14,16)(H,15,17). The Hall–Kier alpha value is -2.04. The molecular weight excluding hydrogens is 230 g/mol. The smallest absolute Gasteiger partial charge is 0.235 e. The molecule has 5 nitrogen and oxygen atoms in total. The molecule has 1 amide bonds. The first-order valence-corrected chi connectivity index (χ1v) is 5.85. The molecule has 5 heteroatoms. The van der Waals surface area contributed by atoms with Gasteiger partial charge in [-0.1, -0.05) is 24.2 Å². The summed E-state index contributed by atoms with van der Waals surface area (Å²) in [6.45, 7) is 5.73. The van der Waals surface area contributed by atoms with Crippen molar-refractivity contribution >= 4 is 17.4 Å². The molecule has 1 aromatic carbocycles. The van der Waals surface area contributed by atoms with E-state index in [0.717, 1.165) is 16.8 Å². The van der Waals surface area contributed by atoms with E-state index in [0.29, 0.717) is 6.42 Å². The van der Waals surface area contributed by atoms with Gasteiger partial charge in [-0.25, -0.2) is 0 Å². The molecule has 0 aliphatic carbocycles. The molecule has 98 valence electrons. The number of aryl methyl sites for hydroxylation is 1. The van der Waals surface area contributed by atoms with Crippen LogP contribution in [0.2, 0.25) is 0 Å². The fourth-order valence-electron chi connectivity index (χ4n) is 1.70. The predicted molar refractivity (Wildman–Crippen MR) is 71.7 cm³/mol. The molecule has 0 bridgehead atoms. The third-order valence-corrected chi connectivity index (χ3v) is 3.06.